The van der Waals surface area contributed by atoms with Crippen LogP contribution in [-0.4, -0.2) is 81.7 Å². The summed E-state index contributed by atoms with van der Waals surface area (Å²) in [6.07, 6.45) is 3.10. The van der Waals surface area contributed by atoms with Crippen molar-refractivity contribution < 1.29 is 23.8 Å². The number of hydrogen-bond acceptors (Lipinski definition) is 6. The van der Waals surface area contributed by atoms with Crippen molar-refractivity contribution in [3.05, 3.63) is 17.7 Å². The maximum atomic E-state index is 13.1. The van der Waals surface area contributed by atoms with Crippen molar-refractivity contribution in [3.63, 3.8) is 0 Å². The number of carbonyl (C=O) groups excluding carboxylic acids is 2. The predicted molar refractivity (Wildman–Crippen MR) is 111 cm³/mol. The molecule has 29 heavy (non-hydrogen) atoms. The minimum Gasteiger partial charge on any atom is -0.493 e. The molecule has 9 heteroatoms. The Kier molecular flexibility index (Phi) is 8.40. The Bertz CT molecular complexity index is 716. The van der Waals surface area contributed by atoms with Gasteiger partial charge in [-0.05, 0) is 31.5 Å². The normalized spacial score (nSPS) is 19.2. The molecule has 162 valence electrons. The number of halogens is 1. The quantitative estimate of drug-likeness (QED) is 0.768. The predicted octanol–water partition coefficient (Wildman–Crippen LogP) is 1.56. The topological polar surface area (TPSA) is 80.3 Å². The number of methoxy groups -OCH3 is 3. The van der Waals surface area contributed by atoms with Crippen LogP contribution in [0.2, 0.25) is 0 Å². The van der Waals surface area contributed by atoms with E-state index in [1.165, 1.54) is 21.3 Å². The van der Waals surface area contributed by atoms with Crippen LogP contribution in [0.1, 0.15) is 29.6 Å². The lowest BCUT2D eigenvalue weighted by atomic mass is 10.0. The first-order chi connectivity index (χ1) is 13.6. The van der Waals surface area contributed by atoms with Gasteiger partial charge < -0.3 is 29.3 Å². The standard InChI is InChI=1S/C20H29N3O5.ClH/c1-26-16-8-7-14(17(27-2)18(16)28-3)19(24)22-10-12-23(13-11-22)20(25)15-6-4-5-9-21-15;/h7-8,15,21H,4-6,9-13H2,1-3H3;1H. The first-order valence-electron chi connectivity index (χ1n) is 9.71. The second-order valence-electron chi connectivity index (χ2n) is 7.00. The minimum absolute atomic E-state index is 0. The average Bonchev–Trinajstić information content (AvgIpc) is 2.77. The molecule has 1 atom stereocenters. The highest BCUT2D eigenvalue weighted by Crippen LogP contribution is 2.40. The molecular formula is C20H30ClN3O5. The van der Waals surface area contributed by atoms with E-state index >= 15 is 0 Å². The molecule has 2 heterocycles. The molecule has 0 aromatic heterocycles. The van der Waals surface area contributed by atoms with Gasteiger partial charge in [0, 0.05) is 26.2 Å². The van der Waals surface area contributed by atoms with E-state index in [1.807, 2.05) is 4.90 Å². The first-order valence-corrected chi connectivity index (χ1v) is 9.71. The summed E-state index contributed by atoms with van der Waals surface area (Å²) in [5.74, 6) is 1.27. The molecule has 2 fully saturated rings. The molecule has 0 saturated carbocycles. The van der Waals surface area contributed by atoms with Gasteiger partial charge in [0.25, 0.3) is 5.91 Å². The van der Waals surface area contributed by atoms with Crippen molar-refractivity contribution in [2.24, 2.45) is 0 Å². The number of rotatable bonds is 5. The van der Waals surface area contributed by atoms with Crippen LogP contribution >= 0.6 is 12.4 Å². The van der Waals surface area contributed by atoms with Crippen LogP contribution in [0.25, 0.3) is 0 Å². The molecule has 2 saturated heterocycles. The lowest BCUT2D eigenvalue weighted by molar-refractivity contribution is -0.135. The van der Waals surface area contributed by atoms with Crippen molar-refractivity contribution in [2.45, 2.75) is 25.3 Å². The lowest BCUT2D eigenvalue weighted by Crippen LogP contribution is -2.55. The third-order valence-corrected chi connectivity index (χ3v) is 5.42. The van der Waals surface area contributed by atoms with Crippen molar-refractivity contribution in [2.75, 3.05) is 54.1 Å². The molecule has 8 nitrogen and oxygen atoms in total. The Hall–Kier alpha value is -2.19. The van der Waals surface area contributed by atoms with Crippen LogP contribution in [0.5, 0.6) is 17.2 Å². The van der Waals surface area contributed by atoms with Gasteiger partial charge in [0.15, 0.2) is 11.5 Å². The van der Waals surface area contributed by atoms with E-state index in [0.29, 0.717) is 49.0 Å². The van der Waals surface area contributed by atoms with Crippen molar-refractivity contribution in [3.8, 4) is 17.2 Å². The number of ether oxygens (including phenoxy) is 3. The largest absolute Gasteiger partial charge is 0.493 e. The fraction of sp³-hybridized carbons (Fsp3) is 0.600. The maximum absolute atomic E-state index is 13.1. The number of piperazine rings is 1. The molecular weight excluding hydrogens is 398 g/mol. The summed E-state index contributed by atoms with van der Waals surface area (Å²) in [5, 5.41) is 3.30. The van der Waals surface area contributed by atoms with Crippen molar-refractivity contribution in [1.29, 1.82) is 0 Å². The van der Waals surface area contributed by atoms with Gasteiger partial charge >= 0.3 is 0 Å². The number of benzene rings is 1. The number of piperidine rings is 1. The maximum Gasteiger partial charge on any atom is 0.257 e. The van der Waals surface area contributed by atoms with Gasteiger partial charge in [-0.2, -0.15) is 0 Å². The molecule has 1 N–H and O–H groups in total. The average molecular weight is 428 g/mol. The summed E-state index contributed by atoms with van der Waals surface area (Å²) in [7, 11) is 4.55. The van der Waals surface area contributed by atoms with E-state index < -0.39 is 0 Å². The minimum atomic E-state index is -0.138. The van der Waals surface area contributed by atoms with Gasteiger partial charge in [-0.15, -0.1) is 12.4 Å². The molecule has 1 aromatic carbocycles. The second kappa shape index (κ2) is 10.5. The molecule has 0 bridgehead atoms. The Labute approximate surface area is 177 Å². The number of nitrogens with one attached hydrogen (secondary N) is 1. The second-order valence-corrected chi connectivity index (χ2v) is 7.00. The summed E-state index contributed by atoms with van der Waals surface area (Å²) in [4.78, 5) is 29.3. The number of hydrogen-bond donors (Lipinski definition) is 1. The zero-order valence-electron chi connectivity index (χ0n) is 17.2. The fourth-order valence-corrected chi connectivity index (χ4v) is 3.85. The summed E-state index contributed by atoms with van der Waals surface area (Å²) < 4.78 is 16.1. The van der Waals surface area contributed by atoms with Crippen LogP contribution in [-0.2, 0) is 4.79 Å². The fourth-order valence-electron chi connectivity index (χ4n) is 3.85. The van der Waals surface area contributed by atoms with Gasteiger partial charge in [0.05, 0.1) is 32.9 Å². The highest BCUT2D eigenvalue weighted by atomic mass is 35.5. The first kappa shape index (κ1) is 23.1. The molecule has 0 aliphatic carbocycles. The van der Waals surface area contributed by atoms with Crippen LogP contribution < -0.4 is 19.5 Å². The lowest BCUT2D eigenvalue weighted by Gasteiger charge is -2.37. The van der Waals surface area contributed by atoms with E-state index in [1.54, 1.807) is 17.0 Å². The Morgan fingerprint density at radius 2 is 1.59 bits per heavy atom. The van der Waals surface area contributed by atoms with Crippen molar-refractivity contribution >= 4 is 24.2 Å². The summed E-state index contributed by atoms with van der Waals surface area (Å²) in [6.45, 7) is 2.97. The van der Waals surface area contributed by atoms with Gasteiger partial charge in [-0.3, -0.25) is 9.59 Å². The molecule has 3 rings (SSSR count). The van der Waals surface area contributed by atoms with E-state index in [9.17, 15) is 9.59 Å². The molecule has 2 amide bonds. The molecule has 0 radical (unpaired) electrons. The Morgan fingerprint density at radius 3 is 2.14 bits per heavy atom. The zero-order chi connectivity index (χ0) is 20.1. The van der Waals surface area contributed by atoms with Crippen LogP contribution in [0.4, 0.5) is 0 Å². The van der Waals surface area contributed by atoms with E-state index in [-0.39, 0.29) is 30.3 Å². The zero-order valence-corrected chi connectivity index (χ0v) is 18.0. The van der Waals surface area contributed by atoms with E-state index in [4.69, 9.17) is 14.2 Å². The molecule has 2 aliphatic heterocycles. The molecule has 1 aromatic rings. The van der Waals surface area contributed by atoms with Crippen LogP contribution in [0.3, 0.4) is 0 Å². The monoisotopic (exact) mass is 427 g/mol. The van der Waals surface area contributed by atoms with Crippen LogP contribution in [0.15, 0.2) is 12.1 Å². The van der Waals surface area contributed by atoms with E-state index in [2.05, 4.69) is 5.32 Å². The van der Waals surface area contributed by atoms with Gasteiger partial charge in [-0.25, -0.2) is 0 Å². The Balaban J connectivity index is 0.00000300. The third kappa shape index (κ3) is 4.87. The summed E-state index contributed by atoms with van der Waals surface area (Å²) in [5.41, 5.74) is 0.425. The number of amides is 2. The number of carbonyl (C=O) groups is 2. The number of nitrogens with zero attached hydrogens (tertiary/aromatic N) is 2. The van der Waals surface area contributed by atoms with Gasteiger partial charge in [0.2, 0.25) is 11.7 Å². The highest BCUT2D eigenvalue weighted by molar-refractivity contribution is 5.98. The highest BCUT2D eigenvalue weighted by Gasteiger charge is 2.31. The Morgan fingerprint density at radius 1 is 0.931 bits per heavy atom. The van der Waals surface area contributed by atoms with Crippen LogP contribution in [0, 0.1) is 0 Å². The van der Waals surface area contributed by atoms with Gasteiger partial charge in [0.1, 0.15) is 0 Å². The summed E-state index contributed by atoms with van der Waals surface area (Å²) >= 11 is 0. The van der Waals surface area contributed by atoms with Gasteiger partial charge in [-0.1, -0.05) is 6.42 Å². The molecule has 1 unspecified atom stereocenters. The third-order valence-electron chi connectivity index (χ3n) is 5.42. The molecule has 2 aliphatic rings. The van der Waals surface area contributed by atoms with Crippen molar-refractivity contribution in [1.82, 2.24) is 15.1 Å². The SMILES string of the molecule is COc1ccc(C(=O)N2CCN(C(=O)C3CCCCN3)CC2)c(OC)c1OC.Cl. The van der Waals surface area contributed by atoms with E-state index in [0.717, 1.165) is 25.8 Å². The smallest absolute Gasteiger partial charge is 0.257 e. The summed E-state index contributed by atoms with van der Waals surface area (Å²) in [6, 6.07) is 3.30. The molecule has 0 spiro atoms.